The fraction of sp³-hybridized carbons (Fsp3) is 0.867. The van der Waals surface area contributed by atoms with Crippen LogP contribution < -0.4 is 5.32 Å². The van der Waals surface area contributed by atoms with Crippen molar-refractivity contribution < 1.29 is 19.1 Å². The lowest BCUT2D eigenvalue weighted by Gasteiger charge is -2.33. The van der Waals surface area contributed by atoms with E-state index >= 15 is 0 Å². The van der Waals surface area contributed by atoms with Crippen LogP contribution in [0.15, 0.2) is 0 Å². The fourth-order valence-electron chi connectivity index (χ4n) is 2.22. The van der Waals surface area contributed by atoms with Crippen LogP contribution in [0.1, 0.15) is 40.5 Å². The van der Waals surface area contributed by atoms with Gasteiger partial charge in [0.05, 0.1) is 6.61 Å². The van der Waals surface area contributed by atoms with E-state index in [0.717, 1.165) is 24.3 Å². The van der Waals surface area contributed by atoms with E-state index in [9.17, 15) is 9.59 Å². The number of rotatable bonds is 5. The number of alkyl carbamates (subject to hydrolysis) is 1. The predicted octanol–water partition coefficient (Wildman–Crippen LogP) is 2.87. The molecule has 0 unspecified atom stereocenters. The zero-order valence-electron chi connectivity index (χ0n) is 14.0. The third-order valence-electron chi connectivity index (χ3n) is 3.15. The maximum Gasteiger partial charge on any atom is 0.410 e. The van der Waals surface area contributed by atoms with E-state index in [1.165, 1.54) is 0 Å². The molecule has 0 aromatic heterocycles. The fourth-order valence-corrected chi connectivity index (χ4v) is 3.30. The summed E-state index contributed by atoms with van der Waals surface area (Å²) < 4.78 is 10.3. The van der Waals surface area contributed by atoms with Crippen LogP contribution in [-0.2, 0) is 9.47 Å². The van der Waals surface area contributed by atoms with E-state index in [2.05, 4.69) is 5.32 Å². The topological polar surface area (TPSA) is 67.9 Å². The van der Waals surface area contributed by atoms with Crippen LogP contribution in [0.3, 0.4) is 0 Å². The molecule has 1 rings (SSSR count). The monoisotopic (exact) mass is 332 g/mol. The number of carbonyl (C=O) groups excluding carboxylic acids is 2. The van der Waals surface area contributed by atoms with Gasteiger partial charge in [-0.15, -0.1) is 0 Å². The van der Waals surface area contributed by atoms with Gasteiger partial charge in [-0.3, -0.25) is 0 Å². The molecule has 0 aliphatic carbocycles. The molecule has 0 aromatic carbocycles. The average Bonchev–Trinajstić information content (AvgIpc) is 2.43. The Balaban J connectivity index is 2.46. The molecule has 2 amide bonds. The Bertz CT molecular complexity index is 365. The van der Waals surface area contributed by atoms with E-state index in [4.69, 9.17) is 9.47 Å². The Morgan fingerprint density at radius 3 is 2.45 bits per heavy atom. The van der Waals surface area contributed by atoms with Gasteiger partial charge in [0.15, 0.2) is 0 Å². The second kappa shape index (κ2) is 9.12. The van der Waals surface area contributed by atoms with Gasteiger partial charge in [-0.05, 0) is 52.0 Å². The molecular formula is C15H28N2O4S. The minimum Gasteiger partial charge on any atom is -0.450 e. The standard InChI is InChI=1S/C15H28N2O4S/c1-5-20-14(19)17(12-6-10-22-11-7-12)9-8-16-13(18)21-15(2,3)4/h12H,5-11H2,1-4H3,(H,16,18). The van der Waals surface area contributed by atoms with Gasteiger partial charge >= 0.3 is 12.2 Å². The predicted molar refractivity (Wildman–Crippen MR) is 88.3 cm³/mol. The highest BCUT2D eigenvalue weighted by atomic mass is 32.2. The summed E-state index contributed by atoms with van der Waals surface area (Å²) >= 11 is 1.91. The first kappa shape index (κ1) is 18.9. The quantitative estimate of drug-likeness (QED) is 0.838. The van der Waals surface area contributed by atoms with Crippen molar-refractivity contribution in [3.05, 3.63) is 0 Å². The van der Waals surface area contributed by atoms with Crippen molar-refractivity contribution in [2.75, 3.05) is 31.2 Å². The van der Waals surface area contributed by atoms with Gasteiger partial charge < -0.3 is 19.7 Å². The Morgan fingerprint density at radius 1 is 1.27 bits per heavy atom. The summed E-state index contributed by atoms with van der Waals surface area (Å²) in [5, 5.41) is 2.69. The lowest BCUT2D eigenvalue weighted by Crippen LogP contribution is -2.46. The molecule has 1 fully saturated rings. The maximum absolute atomic E-state index is 12.1. The molecule has 0 spiro atoms. The molecule has 0 atom stereocenters. The molecule has 0 bridgehead atoms. The van der Waals surface area contributed by atoms with Crippen LogP contribution in [-0.4, -0.2) is 59.9 Å². The molecule has 128 valence electrons. The Hall–Kier alpha value is -1.11. The van der Waals surface area contributed by atoms with Gasteiger partial charge in [0.2, 0.25) is 0 Å². The number of nitrogens with zero attached hydrogens (tertiary/aromatic N) is 1. The minimum absolute atomic E-state index is 0.195. The van der Waals surface area contributed by atoms with E-state index in [1.807, 2.05) is 32.5 Å². The first-order valence-corrected chi connectivity index (χ1v) is 8.97. The molecule has 6 nitrogen and oxygen atoms in total. The lowest BCUT2D eigenvalue weighted by molar-refractivity contribution is 0.0507. The summed E-state index contributed by atoms with van der Waals surface area (Å²) in [5.41, 5.74) is -0.522. The summed E-state index contributed by atoms with van der Waals surface area (Å²) in [4.78, 5) is 25.5. The van der Waals surface area contributed by atoms with Gasteiger partial charge in [-0.25, -0.2) is 9.59 Å². The number of thioether (sulfide) groups is 1. The second-order valence-corrected chi connectivity index (χ2v) is 7.39. The molecule has 1 aliphatic rings. The average molecular weight is 332 g/mol. The number of hydrogen-bond donors (Lipinski definition) is 1. The summed E-state index contributed by atoms with van der Waals surface area (Å²) in [6.07, 6.45) is 1.17. The van der Waals surface area contributed by atoms with Crippen LogP contribution in [0, 0.1) is 0 Å². The van der Waals surface area contributed by atoms with Crippen molar-refractivity contribution in [1.29, 1.82) is 0 Å². The number of ether oxygens (including phenoxy) is 2. The summed E-state index contributed by atoms with van der Waals surface area (Å²) in [6, 6.07) is 0.195. The van der Waals surface area contributed by atoms with E-state index in [0.29, 0.717) is 19.7 Å². The number of nitrogens with one attached hydrogen (secondary N) is 1. The van der Waals surface area contributed by atoms with Crippen LogP contribution in [0.2, 0.25) is 0 Å². The van der Waals surface area contributed by atoms with Crippen molar-refractivity contribution in [2.24, 2.45) is 0 Å². The lowest BCUT2D eigenvalue weighted by atomic mass is 10.1. The van der Waals surface area contributed by atoms with Gasteiger partial charge in [0.25, 0.3) is 0 Å². The van der Waals surface area contributed by atoms with Gasteiger partial charge in [0, 0.05) is 19.1 Å². The van der Waals surface area contributed by atoms with Gasteiger partial charge in [0.1, 0.15) is 5.60 Å². The molecule has 0 aromatic rings. The molecule has 0 saturated carbocycles. The van der Waals surface area contributed by atoms with Gasteiger partial charge in [-0.2, -0.15) is 11.8 Å². The minimum atomic E-state index is -0.522. The highest BCUT2D eigenvalue weighted by Crippen LogP contribution is 2.22. The van der Waals surface area contributed by atoms with Crippen LogP contribution in [0.4, 0.5) is 9.59 Å². The molecule has 1 aliphatic heterocycles. The van der Waals surface area contributed by atoms with Crippen molar-refractivity contribution in [2.45, 2.75) is 52.2 Å². The largest absolute Gasteiger partial charge is 0.450 e. The van der Waals surface area contributed by atoms with E-state index < -0.39 is 11.7 Å². The Morgan fingerprint density at radius 2 is 1.91 bits per heavy atom. The molecule has 1 saturated heterocycles. The van der Waals surface area contributed by atoms with Crippen molar-refractivity contribution in [3.63, 3.8) is 0 Å². The Kier molecular flexibility index (Phi) is 7.85. The Labute approximate surface area is 137 Å². The number of hydrogen-bond acceptors (Lipinski definition) is 5. The van der Waals surface area contributed by atoms with E-state index in [1.54, 1.807) is 11.8 Å². The normalized spacial score (nSPS) is 16.0. The first-order chi connectivity index (χ1) is 10.3. The second-order valence-electron chi connectivity index (χ2n) is 6.16. The number of amides is 2. The molecule has 22 heavy (non-hydrogen) atoms. The van der Waals surface area contributed by atoms with Gasteiger partial charge in [-0.1, -0.05) is 0 Å². The SMILES string of the molecule is CCOC(=O)N(CCNC(=O)OC(C)(C)C)C1CCSCC1. The highest BCUT2D eigenvalue weighted by Gasteiger charge is 2.26. The number of carbonyl (C=O) groups is 2. The third kappa shape index (κ3) is 7.24. The van der Waals surface area contributed by atoms with Crippen molar-refractivity contribution in [3.8, 4) is 0 Å². The van der Waals surface area contributed by atoms with Crippen LogP contribution >= 0.6 is 11.8 Å². The molecule has 1 N–H and O–H groups in total. The van der Waals surface area contributed by atoms with Crippen molar-refractivity contribution >= 4 is 23.9 Å². The van der Waals surface area contributed by atoms with Crippen molar-refractivity contribution in [1.82, 2.24) is 10.2 Å². The first-order valence-electron chi connectivity index (χ1n) is 7.81. The summed E-state index contributed by atoms with van der Waals surface area (Å²) in [7, 11) is 0. The summed E-state index contributed by atoms with van der Waals surface area (Å²) in [5.74, 6) is 2.11. The highest BCUT2D eigenvalue weighted by molar-refractivity contribution is 7.99. The molecule has 1 heterocycles. The molecule has 0 radical (unpaired) electrons. The van der Waals surface area contributed by atoms with E-state index in [-0.39, 0.29) is 12.1 Å². The van der Waals surface area contributed by atoms with Crippen LogP contribution in [0.25, 0.3) is 0 Å². The molecular weight excluding hydrogens is 304 g/mol. The molecule has 7 heteroatoms. The zero-order chi connectivity index (χ0) is 16.6. The smallest absolute Gasteiger partial charge is 0.410 e. The summed E-state index contributed by atoms with van der Waals surface area (Å²) in [6.45, 7) is 8.40. The zero-order valence-corrected chi connectivity index (χ0v) is 14.8. The van der Waals surface area contributed by atoms with Crippen LogP contribution in [0.5, 0.6) is 0 Å². The maximum atomic E-state index is 12.1. The third-order valence-corrected chi connectivity index (χ3v) is 4.20.